The second kappa shape index (κ2) is 3.67. The summed E-state index contributed by atoms with van der Waals surface area (Å²) in [5.41, 5.74) is 1.53. The minimum atomic E-state index is -0.180. The molecule has 1 rings (SSSR count). The van der Waals surface area contributed by atoms with Crippen molar-refractivity contribution in [2.24, 2.45) is 0 Å². The van der Waals surface area contributed by atoms with Gasteiger partial charge in [0.05, 0.1) is 0 Å². The van der Waals surface area contributed by atoms with Crippen LogP contribution >= 0.6 is 15.9 Å². The second-order valence-corrected chi connectivity index (χ2v) is 2.73. The summed E-state index contributed by atoms with van der Waals surface area (Å²) in [6.45, 7) is 1.85. The van der Waals surface area contributed by atoms with Crippen LogP contribution in [0.25, 0.3) is 5.57 Å². The Kier molecular flexibility index (Phi) is 2.83. The molecule has 0 N–H and O–H groups in total. The van der Waals surface area contributed by atoms with Gasteiger partial charge in [-0.3, -0.25) is 0 Å². The van der Waals surface area contributed by atoms with Crippen LogP contribution in [0.2, 0.25) is 0 Å². The third-order valence-corrected chi connectivity index (χ3v) is 2.15. The summed E-state index contributed by atoms with van der Waals surface area (Å²) in [4.78, 5) is 1.71. The fraction of sp³-hybridized carbons (Fsp3) is 0.111. The first-order chi connectivity index (χ1) is 5.25. The van der Waals surface area contributed by atoms with Gasteiger partial charge in [0.25, 0.3) is 0 Å². The fourth-order valence-electron chi connectivity index (χ4n) is 0.840. The van der Waals surface area contributed by atoms with Crippen LogP contribution in [-0.4, -0.2) is 0 Å². The average Bonchev–Trinajstić information content (AvgIpc) is 2.04. The number of rotatable bonds is 1. The van der Waals surface area contributed by atoms with E-state index in [9.17, 15) is 4.39 Å². The molecule has 0 aliphatic heterocycles. The number of allylic oxidation sites excluding steroid dienone is 1. The van der Waals surface area contributed by atoms with E-state index in [0.717, 1.165) is 5.57 Å². The summed E-state index contributed by atoms with van der Waals surface area (Å²) < 4.78 is 13.0. The zero-order valence-electron chi connectivity index (χ0n) is 6.14. The van der Waals surface area contributed by atoms with E-state index in [-0.39, 0.29) is 5.82 Å². The molecule has 0 aromatic heterocycles. The average molecular weight is 215 g/mol. The molecule has 0 bridgehead atoms. The standard InChI is InChI=1S/C9H8BrF/c1-7(6-10)8-4-2-3-5-9(8)11/h2-6H,1H3/b7-6-. The van der Waals surface area contributed by atoms with Gasteiger partial charge < -0.3 is 0 Å². The smallest absolute Gasteiger partial charge is 0.130 e. The van der Waals surface area contributed by atoms with Gasteiger partial charge in [-0.1, -0.05) is 34.1 Å². The topological polar surface area (TPSA) is 0 Å². The molecule has 0 fully saturated rings. The van der Waals surface area contributed by atoms with Crippen molar-refractivity contribution in [3.05, 3.63) is 40.6 Å². The summed E-state index contributed by atoms with van der Waals surface area (Å²) >= 11 is 3.16. The van der Waals surface area contributed by atoms with Gasteiger partial charge in [-0.15, -0.1) is 0 Å². The van der Waals surface area contributed by atoms with Gasteiger partial charge in [0.15, 0.2) is 0 Å². The molecule has 2 heteroatoms. The van der Waals surface area contributed by atoms with Crippen LogP contribution in [0.5, 0.6) is 0 Å². The molecule has 0 atom stereocenters. The molecule has 0 aliphatic rings. The van der Waals surface area contributed by atoms with Crippen LogP contribution in [0, 0.1) is 5.82 Å². The van der Waals surface area contributed by atoms with Crippen molar-refractivity contribution in [2.45, 2.75) is 6.92 Å². The van der Waals surface area contributed by atoms with Crippen LogP contribution in [0.4, 0.5) is 4.39 Å². The van der Waals surface area contributed by atoms with Crippen molar-refractivity contribution < 1.29 is 4.39 Å². The molecule has 0 radical (unpaired) electrons. The van der Waals surface area contributed by atoms with E-state index < -0.39 is 0 Å². The summed E-state index contributed by atoms with van der Waals surface area (Å²) in [5, 5.41) is 0. The predicted molar refractivity (Wildman–Crippen MR) is 49.0 cm³/mol. The van der Waals surface area contributed by atoms with Crippen LogP contribution in [-0.2, 0) is 0 Å². The molecule has 0 saturated heterocycles. The van der Waals surface area contributed by atoms with E-state index in [1.807, 2.05) is 13.0 Å². The lowest BCUT2D eigenvalue weighted by molar-refractivity contribution is 0.624. The maximum Gasteiger partial charge on any atom is 0.130 e. The first-order valence-corrected chi connectivity index (χ1v) is 4.19. The van der Waals surface area contributed by atoms with E-state index in [0.29, 0.717) is 5.56 Å². The van der Waals surface area contributed by atoms with Gasteiger partial charge in [-0.2, -0.15) is 0 Å². The molecule has 0 nitrogen and oxygen atoms in total. The van der Waals surface area contributed by atoms with Gasteiger partial charge in [-0.25, -0.2) is 4.39 Å². The highest BCUT2D eigenvalue weighted by Crippen LogP contribution is 2.17. The number of halogens is 2. The van der Waals surface area contributed by atoms with Crippen molar-refractivity contribution in [1.29, 1.82) is 0 Å². The van der Waals surface area contributed by atoms with E-state index in [4.69, 9.17) is 0 Å². The van der Waals surface area contributed by atoms with Gasteiger partial charge in [0.2, 0.25) is 0 Å². The third-order valence-electron chi connectivity index (χ3n) is 1.46. The Morgan fingerprint density at radius 2 is 2.09 bits per heavy atom. The minimum absolute atomic E-state index is 0.180. The predicted octanol–water partition coefficient (Wildman–Crippen LogP) is 3.58. The van der Waals surface area contributed by atoms with E-state index in [1.54, 1.807) is 17.1 Å². The Morgan fingerprint density at radius 1 is 1.45 bits per heavy atom. The lowest BCUT2D eigenvalue weighted by Crippen LogP contribution is -1.83. The van der Waals surface area contributed by atoms with Crippen molar-refractivity contribution in [2.75, 3.05) is 0 Å². The number of benzene rings is 1. The number of hydrogen-bond acceptors (Lipinski definition) is 0. The summed E-state index contributed by atoms with van der Waals surface area (Å²) in [6.07, 6.45) is 0. The molecular weight excluding hydrogens is 207 g/mol. The molecule has 0 unspecified atom stereocenters. The van der Waals surface area contributed by atoms with E-state index >= 15 is 0 Å². The zero-order valence-corrected chi connectivity index (χ0v) is 7.73. The highest BCUT2D eigenvalue weighted by atomic mass is 79.9. The summed E-state index contributed by atoms with van der Waals surface area (Å²) in [5.74, 6) is -0.180. The Morgan fingerprint density at radius 3 is 2.64 bits per heavy atom. The molecule has 1 aromatic carbocycles. The van der Waals surface area contributed by atoms with Crippen LogP contribution in [0.3, 0.4) is 0 Å². The SMILES string of the molecule is C/C(=C/Br)c1ccccc1F. The Hall–Kier alpha value is -0.630. The molecule has 1 aromatic rings. The third kappa shape index (κ3) is 1.90. The van der Waals surface area contributed by atoms with Crippen molar-refractivity contribution >= 4 is 21.5 Å². The molecule has 0 saturated carbocycles. The van der Waals surface area contributed by atoms with Gasteiger partial charge >= 0.3 is 0 Å². The lowest BCUT2D eigenvalue weighted by atomic mass is 10.1. The molecule has 0 spiro atoms. The highest BCUT2D eigenvalue weighted by Gasteiger charge is 2.00. The minimum Gasteiger partial charge on any atom is -0.206 e. The van der Waals surface area contributed by atoms with Crippen LogP contribution < -0.4 is 0 Å². The molecule has 11 heavy (non-hydrogen) atoms. The van der Waals surface area contributed by atoms with Gasteiger partial charge in [-0.05, 0) is 23.5 Å². The first kappa shape index (κ1) is 8.47. The maximum absolute atomic E-state index is 13.0. The van der Waals surface area contributed by atoms with Crippen molar-refractivity contribution in [1.82, 2.24) is 0 Å². The maximum atomic E-state index is 13.0. The molecular formula is C9H8BrF. The van der Waals surface area contributed by atoms with Crippen LogP contribution in [0.1, 0.15) is 12.5 Å². The monoisotopic (exact) mass is 214 g/mol. The largest absolute Gasteiger partial charge is 0.206 e. The lowest BCUT2D eigenvalue weighted by Gasteiger charge is -1.99. The number of hydrogen-bond donors (Lipinski definition) is 0. The molecule has 0 aliphatic carbocycles. The summed E-state index contributed by atoms with van der Waals surface area (Å²) in [7, 11) is 0. The second-order valence-electron chi connectivity index (χ2n) is 2.27. The van der Waals surface area contributed by atoms with E-state index in [1.165, 1.54) is 6.07 Å². The Balaban J connectivity index is 3.14. The summed E-state index contributed by atoms with van der Waals surface area (Å²) in [6, 6.07) is 6.70. The molecule has 0 heterocycles. The molecule has 58 valence electrons. The Labute approximate surface area is 73.9 Å². The molecule has 0 amide bonds. The quantitative estimate of drug-likeness (QED) is 0.671. The van der Waals surface area contributed by atoms with Gasteiger partial charge in [0.1, 0.15) is 5.82 Å². The van der Waals surface area contributed by atoms with Crippen molar-refractivity contribution in [3.8, 4) is 0 Å². The van der Waals surface area contributed by atoms with Crippen LogP contribution in [0.15, 0.2) is 29.3 Å². The van der Waals surface area contributed by atoms with E-state index in [2.05, 4.69) is 15.9 Å². The van der Waals surface area contributed by atoms with Gasteiger partial charge in [0, 0.05) is 5.56 Å². The fourth-order valence-corrected chi connectivity index (χ4v) is 1.09. The first-order valence-electron chi connectivity index (χ1n) is 3.27. The van der Waals surface area contributed by atoms with Crippen molar-refractivity contribution in [3.63, 3.8) is 0 Å². The zero-order chi connectivity index (χ0) is 8.27. The normalized spacial score (nSPS) is 11.7. The Bertz CT molecular complexity index is 279. The highest BCUT2D eigenvalue weighted by molar-refractivity contribution is 9.11.